The van der Waals surface area contributed by atoms with Gasteiger partial charge in [0.25, 0.3) is 5.91 Å². The minimum atomic E-state index is -1.31. The molecule has 0 saturated carbocycles. The lowest BCUT2D eigenvalue weighted by molar-refractivity contribution is -0.733. The number of aliphatic carboxylic acids is 1. The first-order chi connectivity index (χ1) is 17.7. The second-order valence-electron chi connectivity index (χ2n) is 8.21. The Hall–Kier alpha value is -3.18. The summed E-state index contributed by atoms with van der Waals surface area (Å²) in [5, 5.41) is 19.0. The molecule has 2 amide bonds. The molecule has 5 N–H and O–H groups in total. The van der Waals surface area contributed by atoms with Gasteiger partial charge >= 0.3 is 5.16 Å². The van der Waals surface area contributed by atoms with Crippen molar-refractivity contribution >= 4 is 69.5 Å². The molecule has 14 nitrogen and oxygen atoms in total. The van der Waals surface area contributed by atoms with Crippen molar-refractivity contribution in [3.05, 3.63) is 18.1 Å². The number of β-lactam (4-membered cyclic amide) rings is 1. The van der Waals surface area contributed by atoms with Gasteiger partial charge in [0.1, 0.15) is 18.0 Å². The first kappa shape index (κ1) is 26.9. The molecular weight excluding hydrogens is 542 g/mol. The fourth-order valence-electron chi connectivity index (χ4n) is 3.75. The Kier molecular flexibility index (Phi) is 8.03. The summed E-state index contributed by atoms with van der Waals surface area (Å²) in [6.45, 7) is 4.42. The van der Waals surface area contributed by atoms with Gasteiger partial charge in [0.15, 0.2) is 5.13 Å². The summed E-state index contributed by atoms with van der Waals surface area (Å²) in [7, 11) is 0. The molecule has 198 valence electrons. The lowest BCUT2D eigenvalue weighted by Crippen LogP contribution is -2.75. The highest BCUT2D eigenvalue weighted by Crippen LogP contribution is 2.43. The molecule has 4 heterocycles. The minimum absolute atomic E-state index is 0.0131. The third-order valence-corrected chi connectivity index (χ3v) is 9.14. The second kappa shape index (κ2) is 11.1. The van der Waals surface area contributed by atoms with Gasteiger partial charge in [-0.3, -0.25) is 9.59 Å². The number of carboxylic acids is 1. The Labute approximate surface area is 224 Å². The van der Waals surface area contributed by atoms with Crippen LogP contribution in [0.3, 0.4) is 0 Å². The molecule has 2 aromatic heterocycles. The van der Waals surface area contributed by atoms with Gasteiger partial charge in [0.05, 0.1) is 18.7 Å². The van der Waals surface area contributed by atoms with Crippen molar-refractivity contribution in [2.45, 2.75) is 37.0 Å². The number of nitrogens with two attached hydrogens (primary N) is 2. The molecule has 0 bridgehead atoms. The maximum absolute atomic E-state index is 13.0. The lowest BCUT2D eigenvalue weighted by atomic mass is 9.89. The number of thioether (sulfide) groups is 2. The van der Waals surface area contributed by atoms with Crippen LogP contribution < -0.4 is 26.5 Å². The van der Waals surface area contributed by atoms with E-state index >= 15 is 0 Å². The van der Waals surface area contributed by atoms with Crippen LogP contribution in [0.2, 0.25) is 0 Å². The molecule has 2 aromatic rings. The van der Waals surface area contributed by atoms with Gasteiger partial charge in [-0.25, -0.2) is 4.57 Å². The first-order valence-electron chi connectivity index (χ1n) is 11.2. The normalized spacial score (nSPS) is 23.2. The van der Waals surface area contributed by atoms with E-state index < -0.39 is 34.6 Å². The standard InChI is InChI=1S/C20H25N9O5S3/c1-3-28-6-5-10(21)23-19(28)36-9-20(17(32)33)7-29-15(31)12(16(29)35-8-20)24-14(30)11(26-34-4-2)13-25-18(22)37-27-13/h5-6,12,16,21H,3-4,7-9H2,1-2H3,(H4,22,24,25,27,30,32,33)/t12?,16-,20?/m1/s1. The number of hydrogen-bond acceptors (Lipinski definition) is 14. The van der Waals surface area contributed by atoms with E-state index in [2.05, 4.69) is 24.8 Å². The number of anilines is 2. The number of carbonyl (C=O) groups is 3. The van der Waals surface area contributed by atoms with Crippen LogP contribution in [0.5, 0.6) is 0 Å². The zero-order valence-electron chi connectivity index (χ0n) is 19.9. The lowest BCUT2D eigenvalue weighted by Gasteiger charge is -2.55. The number of aromatic nitrogens is 4. The van der Waals surface area contributed by atoms with Crippen molar-refractivity contribution in [3.63, 3.8) is 0 Å². The van der Waals surface area contributed by atoms with E-state index in [1.165, 1.54) is 28.4 Å². The van der Waals surface area contributed by atoms with Crippen molar-refractivity contribution in [1.29, 1.82) is 0 Å². The van der Waals surface area contributed by atoms with Gasteiger partial charge in [0, 0.05) is 41.1 Å². The van der Waals surface area contributed by atoms with Crippen LogP contribution in [-0.4, -0.2) is 78.8 Å². The Morgan fingerprint density at radius 1 is 1.41 bits per heavy atom. The number of nitrogens with one attached hydrogen (secondary N) is 1. The Bertz CT molecular complexity index is 1240. The van der Waals surface area contributed by atoms with E-state index in [1.807, 2.05) is 11.5 Å². The van der Waals surface area contributed by atoms with E-state index in [0.717, 1.165) is 11.5 Å². The quantitative estimate of drug-likeness (QED) is 0.0717. The van der Waals surface area contributed by atoms with Crippen molar-refractivity contribution in [3.8, 4) is 0 Å². The van der Waals surface area contributed by atoms with Crippen molar-refractivity contribution in [1.82, 2.24) is 24.6 Å². The summed E-state index contributed by atoms with van der Waals surface area (Å²) < 4.78 is 5.84. The molecule has 0 aromatic carbocycles. The average molecular weight is 568 g/mol. The fraction of sp³-hybridized carbons (Fsp3) is 0.500. The molecule has 0 radical (unpaired) electrons. The number of amides is 2. The van der Waals surface area contributed by atoms with E-state index in [9.17, 15) is 19.5 Å². The highest BCUT2D eigenvalue weighted by atomic mass is 32.2. The van der Waals surface area contributed by atoms with Crippen LogP contribution in [0, 0.1) is 5.41 Å². The number of hydrogen-bond donors (Lipinski definition) is 3. The van der Waals surface area contributed by atoms with E-state index in [0.29, 0.717) is 17.5 Å². The smallest absolute Gasteiger partial charge is 0.361 e. The molecule has 2 unspecified atom stereocenters. The monoisotopic (exact) mass is 567 g/mol. The number of fused-ring (bicyclic) bond motifs is 1. The van der Waals surface area contributed by atoms with Crippen LogP contribution in [0.4, 0.5) is 10.9 Å². The molecule has 3 atom stereocenters. The third kappa shape index (κ3) is 5.42. The van der Waals surface area contributed by atoms with Crippen molar-refractivity contribution < 1.29 is 28.9 Å². The van der Waals surface area contributed by atoms with Gasteiger partial charge < -0.3 is 36.4 Å². The highest BCUT2D eigenvalue weighted by Gasteiger charge is 2.56. The first-order valence-corrected chi connectivity index (χ1v) is 14.0. The zero-order chi connectivity index (χ0) is 26.7. The Morgan fingerprint density at radius 2 is 2.19 bits per heavy atom. The molecule has 17 heteroatoms. The van der Waals surface area contributed by atoms with E-state index in [1.54, 1.807) is 19.2 Å². The van der Waals surface area contributed by atoms with E-state index in [4.69, 9.17) is 16.3 Å². The van der Waals surface area contributed by atoms with Gasteiger partial charge in [-0.05, 0) is 30.6 Å². The predicted octanol–water partition coefficient (Wildman–Crippen LogP) is -1.93. The van der Waals surface area contributed by atoms with E-state index in [-0.39, 0.29) is 41.3 Å². The van der Waals surface area contributed by atoms with Crippen LogP contribution in [0.1, 0.15) is 19.7 Å². The molecule has 0 aliphatic carbocycles. The summed E-state index contributed by atoms with van der Waals surface area (Å²) >= 11 is 3.41. The molecule has 2 fully saturated rings. The maximum Gasteiger partial charge on any atom is 0.361 e. The van der Waals surface area contributed by atoms with Crippen LogP contribution in [0.15, 0.2) is 22.6 Å². The molecular formula is C20H25N9O5S3. The van der Waals surface area contributed by atoms with Crippen molar-refractivity contribution in [2.24, 2.45) is 10.6 Å². The number of rotatable bonds is 10. The zero-order valence-corrected chi connectivity index (χ0v) is 22.4. The van der Waals surface area contributed by atoms with Gasteiger partial charge in [-0.15, -0.1) is 11.8 Å². The third-order valence-electron chi connectivity index (χ3n) is 5.73. The number of aryl methyl sites for hydroxylation is 1. The SMILES string of the molecule is CCON=C(C(=O)NC1C(=O)N2CC(CSc3nc(N)cc[n+]3CC)(C(=O)[O-])CS[C@H]12)c1nsc(N)n1. The average Bonchev–Trinajstić information content (AvgIpc) is 3.31. The number of nitrogen functional groups attached to an aromatic ring is 2. The van der Waals surface area contributed by atoms with Crippen LogP contribution in [-0.2, 0) is 25.8 Å². The second-order valence-corrected chi connectivity index (χ2v) is 11.0. The molecule has 2 saturated heterocycles. The molecule has 37 heavy (non-hydrogen) atoms. The topological polar surface area (TPSA) is 206 Å². The number of nitrogens with zero attached hydrogens (tertiary/aromatic N) is 6. The van der Waals surface area contributed by atoms with Crippen LogP contribution in [0.25, 0.3) is 0 Å². The Morgan fingerprint density at radius 3 is 2.84 bits per heavy atom. The van der Waals surface area contributed by atoms with Crippen LogP contribution >= 0.6 is 35.1 Å². The number of carboxylic acid groups (broad SMARTS) is 1. The summed E-state index contributed by atoms with van der Waals surface area (Å²) in [5.74, 6) is -1.73. The fourth-order valence-corrected chi connectivity index (χ4v) is 7.09. The number of carbonyl (C=O) groups excluding carboxylic acids is 3. The maximum atomic E-state index is 13.0. The minimum Gasteiger partial charge on any atom is -0.549 e. The summed E-state index contributed by atoms with van der Waals surface area (Å²) in [5.41, 5.74) is 9.91. The van der Waals surface area contributed by atoms with Gasteiger partial charge in [-0.1, -0.05) is 5.16 Å². The summed E-state index contributed by atoms with van der Waals surface area (Å²) in [4.78, 5) is 52.9. The van der Waals surface area contributed by atoms with Crippen molar-refractivity contribution in [2.75, 3.05) is 36.1 Å². The summed E-state index contributed by atoms with van der Waals surface area (Å²) in [6.07, 6.45) is 1.78. The summed E-state index contributed by atoms with van der Waals surface area (Å²) in [6, 6.07) is 0.797. The largest absolute Gasteiger partial charge is 0.549 e. The molecule has 4 rings (SSSR count). The predicted molar refractivity (Wildman–Crippen MR) is 135 cm³/mol. The van der Waals surface area contributed by atoms with Gasteiger partial charge in [0.2, 0.25) is 23.3 Å². The number of oxime groups is 1. The molecule has 2 aliphatic heterocycles. The highest BCUT2D eigenvalue weighted by molar-refractivity contribution is 8.00. The van der Waals surface area contributed by atoms with Gasteiger partial charge in [-0.2, -0.15) is 9.36 Å². The Balaban J connectivity index is 1.44. The molecule has 0 spiro atoms. The molecule has 2 aliphatic rings.